The molecule has 0 aliphatic carbocycles. The van der Waals surface area contributed by atoms with Crippen molar-refractivity contribution in [3.8, 4) is 0 Å². The molecule has 0 fully saturated rings. The first kappa shape index (κ1) is 18.3. The van der Waals surface area contributed by atoms with Gasteiger partial charge in [-0.25, -0.2) is 0 Å². The normalized spacial score (nSPS) is 14.9. The van der Waals surface area contributed by atoms with E-state index in [1.807, 2.05) is 0 Å². The lowest BCUT2D eigenvalue weighted by Crippen LogP contribution is -2.32. The number of fused-ring (bicyclic) bond motifs is 1. The molecule has 0 spiro atoms. The Hall–Kier alpha value is -2.09. The van der Waals surface area contributed by atoms with E-state index in [1.54, 1.807) is 0 Å². The quantitative estimate of drug-likeness (QED) is 0.790. The topological polar surface area (TPSA) is 66.5 Å². The van der Waals surface area contributed by atoms with Gasteiger partial charge in [0.1, 0.15) is 6.29 Å². The van der Waals surface area contributed by atoms with Gasteiger partial charge in [0.2, 0.25) is 12.3 Å². The zero-order chi connectivity index (χ0) is 17.9. The molecule has 1 heterocycles. The van der Waals surface area contributed by atoms with E-state index in [-0.39, 0.29) is 31.8 Å². The summed E-state index contributed by atoms with van der Waals surface area (Å²) in [6.07, 6.45) is -3.53. The second-order valence-corrected chi connectivity index (χ2v) is 5.82. The third kappa shape index (κ3) is 4.05. The van der Waals surface area contributed by atoms with Crippen molar-refractivity contribution in [2.24, 2.45) is 0 Å². The Morgan fingerprint density at radius 1 is 1.29 bits per heavy atom. The fourth-order valence-electron chi connectivity index (χ4n) is 2.53. The SMILES string of the molecule is O=CNC(C=O)CCC(=O)N1Cc2cc(Cl)c(C(F)(F)F)cc2C1. The van der Waals surface area contributed by atoms with Gasteiger partial charge in [0, 0.05) is 19.5 Å². The molecule has 1 aromatic carbocycles. The summed E-state index contributed by atoms with van der Waals surface area (Å²) < 4.78 is 38.6. The summed E-state index contributed by atoms with van der Waals surface area (Å²) >= 11 is 5.67. The zero-order valence-corrected chi connectivity index (χ0v) is 13.2. The van der Waals surface area contributed by atoms with Gasteiger partial charge in [0.05, 0.1) is 16.6 Å². The van der Waals surface area contributed by atoms with E-state index >= 15 is 0 Å². The average molecular weight is 363 g/mol. The number of hydrogen-bond acceptors (Lipinski definition) is 3. The highest BCUT2D eigenvalue weighted by Gasteiger charge is 2.35. The van der Waals surface area contributed by atoms with Crippen molar-refractivity contribution in [2.75, 3.05) is 0 Å². The molecule has 1 aliphatic heterocycles. The number of nitrogens with one attached hydrogen (secondary N) is 1. The molecule has 5 nitrogen and oxygen atoms in total. The lowest BCUT2D eigenvalue weighted by Gasteiger charge is -2.16. The number of rotatable bonds is 6. The van der Waals surface area contributed by atoms with Crippen LogP contribution < -0.4 is 5.32 Å². The number of hydrogen-bond donors (Lipinski definition) is 1. The van der Waals surface area contributed by atoms with Gasteiger partial charge in [-0.3, -0.25) is 9.59 Å². The van der Waals surface area contributed by atoms with Crippen LogP contribution in [-0.2, 0) is 33.6 Å². The van der Waals surface area contributed by atoms with Crippen molar-refractivity contribution in [3.63, 3.8) is 0 Å². The van der Waals surface area contributed by atoms with Crippen molar-refractivity contribution >= 4 is 30.2 Å². The zero-order valence-electron chi connectivity index (χ0n) is 12.4. The van der Waals surface area contributed by atoms with E-state index in [4.69, 9.17) is 11.6 Å². The van der Waals surface area contributed by atoms with Gasteiger partial charge in [-0.05, 0) is 29.7 Å². The smallest absolute Gasteiger partial charge is 0.349 e. The Morgan fingerprint density at radius 3 is 2.46 bits per heavy atom. The highest BCUT2D eigenvalue weighted by molar-refractivity contribution is 6.31. The Bertz CT molecular complexity index is 664. The van der Waals surface area contributed by atoms with Gasteiger partial charge in [-0.2, -0.15) is 13.2 Å². The van der Waals surface area contributed by atoms with Crippen LogP contribution in [0.3, 0.4) is 0 Å². The first-order valence-electron chi connectivity index (χ1n) is 7.07. The number of carbonyl (C=O) groups is 3. The largest absolute Gasteiger partial charge is 0.417 e. The average Bonchev–Trinajstić information content (AvgIpc) is 2.92. The second kappa shape index (κ2) is 7.21. The summed E-state index contributed by atoms with van der Waals surface area (Å²) in [5.41, 5.74) is 0.0470. The molecular weight excluding hydrogens is 349 g/mol. The Labute approximate surface area is 140 Å². The molecule has 130 valence electrons. The first-order valence-corrected chi connectivity index (χ1v) is 7.45. The monoisotopic (exact) mass is 362 g/mol. The molecule has 1 aliphatic rings. The summed E-state index contributed by atoms with van der Waals surface area (Å²) in [7, 11) is 0. The summed E-state index contributed by atoms with van der Waals surface area (Å²) in [6, 6.07) is 1.44. The minimum Gasteiger partial charge on any atom is -0.349 e. The molecule has 1 atom stereocenters. The maximum Gasteiger partial charge on any atom is 0.417 e. The fourth-order valence-corrected chi connectivity index (χ4v) is 2.82. The number of benzene rings is 1. The van der Waals surface area contributed by atoms with Crippen LogP contribution in [0.5, 0.6) is 0 Å². The molecule has 24 heavy (non-hydrogen) atoms. The molecule has 0 aromatic heterocycles. The minimum absolute atomic E-state index is 0.00189. The Morgan fingerprint density at radius 2 is 1.92 bits per heavy atom. The van der Waals surface area contributed by atoms with Gasteiger partial charge in [-0.1, -0.05) is 11.6 Å². The highest BCUT2D eigenvalue weighted by Crippen LogP contribution is 2.38. The third-order valence-electron chi connectivity index (χ3n) is 3.79. The van der Waals surface area contributed by atoms with Crippen molar-refractivity contribution in [3.05, 3.63) is 33.8 Å². The van der Waals surface area contributed by atoms with Crippen LogP contribution in [-0.4, -0.2) is 29.5 Å². The van der Waals surface area contributed by atoms with Crippen LogP contribution in [0.1, 0.15) is 29.5 Å². The number of amides is 2. The van der Waals surface area contributed by atoms with Crippen LogP contribution in [0, 0.1) is 0 Å². The van der Waals surface area contributed by atoms with Gasteiger partial charge in [0.15, 0.2) is 0 Å². The molecular formula is C15H14ClF3N2O3. The minimum atomic E-state index is -4.55. The molecule has 0 bridgehead atoms. The maximum atomic E-state index is 12.9. The predicted octanol–water partition coefficient (Wildman–Crippen LogP) is 2.29. The predicted molar refractivity (Wildman–Crippen MR) is 79.0 cm³/mol. The number of halogens is 4. The van der Waals surface area contributed by atoms with Gasteiger partial charge in [0.25, 0.3) is 0 Å². The van der Waals surface area contributed by atoms with E-state index in [0.29, 0.717) is 23.8 Å². The number of alkyl halides is 3. The molecule has 1 N–H and O–H groups in total. The van der Waals surface area contributed by atoms with Crippen LogP contribution >= 0.6 is 11.6 Å². The third-order valence-corrected chi connectivity index (χ3v) is 4.10. The molecule has 2 rings (SSSR count). The van der Waals surface area contributed by atoms with E-state index in [1.165, 1.54) is 11.0 Å². The van der Waals surface area contributed by atoms with Crippen LogP contribution in [0.4, 0.5) is 13.2 Å². The standard InChI is InChI=1S/C15H14ClF3N2O3/c16-13-4-10-6-21(5-9(10)3-12(13)15(17,18)19)14(24)2-1-11(7-22)20-8-23/h3-4,7-8,11H,1-2,5-6H2,(H,20,23). The molecule has 9 heteroatoms. The fraction of sp³-hybridized carbons (Fsp3) is 0.400. The molecule has 0 saturated heterocycles. The second-order valence-electron chi connectivity index (χ2n) is 5.41. The Balaban J connectivity index is 2.04. The van der Waals surface area contributed by atoms with E-state index < -0.39 is 22.8 Å². The summed E-state index contributed by atoms with van der Waals surface area (Å²) in [6.45, 7) is 0.222. The van der Waals surface area contributed by atoms with Gasteiger partial charge in [-0.15, -0.1) is 0 Å². The van der Waals surface area contributed by atoms with Crippen molar-refractivity contribution in [1.82, 2.24) is 10.2 Å². The van der Waals surface area contributed by atoms with E-state index in [0.717, 1.165) is 6.07 Å². The van der Waals surface area contributed by atoms with Crippen molar-refractivity contribution in [2.45, 2.75) is 38.1 Å². The summed E-state index contributed by atoms with van der Waals surface area (Å²) in [5.74, 6) is -0.310. The summed E-state index contributed by atoms with van der Waals surface area (Å²) in [5, 5.41) is 1.87. The molecule has 1 unspecified atom stereocenters. The van der Waals surface area contributed by atoms with E-state index in [9.17, 15) is 27.6 Å². The molecule has 0 radical (unpaired) electrons. The maximum absolute atomic E-state index is 12.9. The lowest BCUT2D eigenvalue weighted by molar-refractivity contribution is -0.137. The van der Waals surface area contributed by atoms with Crippen LogP contribution in [0.15, 0.2) is 12.1 Å². The van der Waals surface area contributed by atoms with Crippen molar-refractivity contribution < 1.29 is 27.6 Å². The molecule has 1 aromatic rings. The summed E-state index contributed by atoms with van der Waals surface area (Å²) in [4.78, 5) is 34.5. The first-order chi connectivity index (χ1) is 11.3. The number of nitrogens with zero attached hydrogens (tertiary/aromatic N) is 1. The molecule has 2 amide bonds. The van der Waals surface area contributed by atoms with Gasteiger partial charge >= 0.3 is 6.18 Å². The number of aldehydes is 1. The number of carbonyl (C=O) groups excluding carboxylic acids is 3. The van der Waals surface area contributed by atoms with E-state index in [2.05, 4.69) is 5.32 Å². The lowest BCUT2D eigenvalue weighted by atomic mass is 10.1. The van der Waals surface area contributed by atoms with Crippen LogP contribution in [0.25, 0.3) is 0 Å². The van der Waals surface area contributed by atoms with Crippen molar-refractivity contribution in [1.29, 1.82) is 0 Å². The van der Waals surface area contributed by atoms with Crippen LogP contribution in [0.2, 0.25) is 5.02 Å². The van der Waals surface area contributed by atoms with Gasteiger partial charge < -0.3 is 15.0 Å². The Kier molecular flexibility index (Phi) is 5.48. The highest BCUT2D eigenvalue weighted by atomic mass is 35.5. The molecule has 0 saturated carbocycles.